The fraction of sp³-hybridized carbons (Fsp3) is 0.300. The lowest BCUT2D eigenvalue weighted by Gasteiger charge is -2.28. The Morgan fingerprint density at radius 2 is 2.42 bits per heavy atom. The van der Waals surface area contributed by atoms with E-state index in [-0.39, 0.29) is 6.10 Å². The summed E-state index contributed by atoms with van der Waals surface area (Å²) in [6, 6.07) is 5.73. The number of rotatable bonds is 2. The molecule has 1 unspecified atom stereocenters. The molecule has 2 nitrogen and oxygen atoms in total. The van der Waals surface area contributed by atoms with Crippen LogP contribution >= 0.6 is 0 Å². The first-order valence-electron chi connectivity index (χ1n) is 3.96. The van der Waals surface area contributed by atoms with Gasteiger partial charge < -0.3 is 4.74 Å². The number of fused-ring (bicyclic) bond motifs is 1. The van der Waals surface area contributed by atoms with Crippen LogP contribution in [0.5, 0.6) is 0 Å². The van der Waals surface area contributed by atoms with Crippen LogP contribution in [0.3, 0.4) is 0 Å². The van der Waals surface area contributed by atoms with Crippen molar-refractivity contribution in [3.8, 4) is 0 Å². The summed E-state index contributed by atoms with van der Waals surface area (Å²) in [5, 5.41) is 0. The molecule has 0 radical (unpaired) electrons. The van der Waals surface area contributed by atoms with Gasteiger partial charge in [0.05, 0.1) is 6.10 Å². The van der Waals surface area contributed by atoms with Crippen molar-refractivity contribution in [1.82, 2.24) is 0 Å². The molecule has 62 valence electrons. The molecule has 2 rings (SSSR count). The SMILES string of the molecule is COC1Cc2cc(C=O)ccc21. The lowest BCUT2D eigenvalue weighted by molar-refractivity contribution is 0.0843. The minimum absolute atomic E-state index is 0.251. The summed E-state index contributed by atoms with van der Waals surface area (Å²) in [6.45, 7) is 0. The van der Waals surface area contributed by atoms with Gasteiger partial charge in [-0.1, -0.05) is 12.1 Å². The Labute approximate surface area is 71.2 Å². The molecule has 1 aliphatic rings. The highest BCUT2D eigenvalue weighted by Gasteiger charge is 2.25. The zero-order chi connectivity index (χ0) is 8.55. The van der Waals surface area contributed by atoms with Gasteiger partial charge in [-0.3, -0.25) is 4.79 Å². The average Bonchev–Trinajstić information content (AvgIpc) is 2.07. The molecule has 1 aliphatic carbocycles. The Morgan fingerprint density at radius 1 is 1.58 bits per heavy atom. The summed E-state index contributed by atoms with van der Waals surface area (Å²) in [7, 11) is 1.71. The number of aldehydes is 1. The van der Waals surface area contributed by atoms with Crippen molar-refractivity contribution in [2.24, 2.45) is 0 Å². The average molecular weight is 162 g/mol. The fourth-order valence-electron chi connectivity index (χ4n) is 1.58. The third kappa shape index (κ3) is 0.959. The first kappa shape index (κ1) is 7.50. The van der Waals surface area contributed by atoms with E-state index in [1.54, 1.807) is 7.11 Å². The predicted octanol–water partition coefficient (Wildman–Crippen LogP) is 1.74. The largest absolute Gasteiger partial charge is 0.376 e. The van der Waals surface area contributed by atoms with Gasteiger partial charge in [-0.25, -0.2) is 0 Å². The minimum atomic E-state index is 0.251. The van der Waals surface area contributed by atoms with Gasteiger partial charge in [0.15, 0.2) is 0 Å². The molecule has 0 fully saturated rings. The molecule has 2 heteroatoms. The summed E-state index contributed by atoms with van der Waals surface area (Å²) in [5.41, 5.74) is 3.22. The summed E-state index contributed by atoms with van der Waals surface area (Å²) in [5.74, 6) is 0. The van der Waals surface area contributed by atoms with Crippen LogP contribution in [-0.2, 0) is 11.2 Å². The maximum absolute atomic E-state index is 10.4. The van der Waals surface area contributed by atoms with Crippen LogP contribution in [0.25, 0.3) is 0 Å². The van der Waals surface area contributed by atoms with Crippen molar-refractivity contribution in [3.05, 3.63) is 34.9 Å². The number of ether oxygens (including phenoxy) is 1. The molecule has 0 aliphatic heterocycles. The third-order valence-electron chi connectivity index (χ3n) is 2.34. The Hall–Kier alpha value is -1.15. The van der Waals surface area contributed by atoms with Crippen molar-refractivity contribution < 1.29 is 9.53 Å². The van der Waals surface area contributed by atoms with E-state index in [1.165, 1.54) is 11.1 Å². The second kappa shape index (κ2) is 2.72. The van der Waals surface area contributed by atoms with E-state index < -0.39 is 0 Å². The van der Waals surface area contributed by atoms with Crippen LogP contribution < -0.4 is 0 Å². The maximum Gasteiger partial charge on any atom is 0.150 e. The first-order valence-corrected chi connectivity index (χ1v) is 3.96. The van der Waals surface area contributed by atoms with Crippen molar-refractivity contribution in [3.63, 3.8) is 0 Å². The van der Waals surface area contributed by atoms with Crippen molar-refractivity contribution in [1.29, 1.82) is 0 Å². The van der Waals surface area contributed by atoms with Gasteiger partial charge in [0.2, 0.25) is 0 Å². The van der Waals surface area contributed by atoms with E-state index in [0.29, 0.717) is 0 Å². The second-order valence-corrected chi connectivity index (χ2v) is 3.00. The Bertz CT molecular complexity index is 318. The molecule has 0 saturated heterocycles. The van der Waals surface area contributed by atoms with E-state index in [2.05, 4.69) is 0 Å². The number of methoxy groups -OCH3 is 1. The fourth-order valence-corrected chi connectivity index (χ4v) is 1.58. The predicted molar refractivity (Wildman–Crippen MR) is 45.3 cm³/mol. The molecule has 1 aromatic carbocycles. The second-order valence-electron chi connectivity index (χ2n) is 3.00. The van der Waals surface area contributed by atoms with Crippen LogP contribution in [0.2, 0.25) is 0 Å². The Kier molecular flexibility index (Phi) is 1.70. The highest BCUT2D eigenvalue weighted by Crippen LogP contribution is 2.35. The Balaban J connectivity index is 2.34. The summed E-state index contributed by atoms with van der Waals surface area (Å²) in [6.07, 6.45) is 2.06. The summed E-state index contributed by atoms with van der Waals surface area (Å²) >= 11 is 0. The van der Waals surface area contributed by atoms with Crippen LogP contribution in [0.1, 0.15) is 27.6 Å². The number of carbonyl (C=O) groups excluding carboxylic acids is 1. The zero-order valence-corrected chi connectivity index (χ0v) is 6.91. The molecule has 1 atom stereocenters. The quantitative estimate of drug-likeness (QED) is 0.619. The topological polar surface area (TPSA) is 26.3 Å². The standard InChI is InChI=1S/C10H10O2/c1-12-10-5-8-4-7(6-11)2-3-9(8)10/h2-4,6,10H,5H2,1H3. The third-order valence-corrected chi connectivity index (χ3v) is 2.34. The molecule has 1 aromatic rings. The number of carbonyl (C=O) groups is 1. The molecule has 0 N–H and O–H groups in total. The normalized spacial score (nSPS) is 19.6. The molecule has 0 heterocycles. The van der Waals surface area contributed by atoms with E-state index in [9.17, 15) is 4.79 Å². The van der Waals surface area contributed by atoms with E-state index in [1.807, 2.05) is 18.2 Å². The van der Waals surface area contributed by atoms with Gasteiger partial charge in [0.1, 0.15) is 6.29 Å². The van der Waals surface area contributed by atoms with Crippen LogP contribution in [0.15, 0.2) is 18.2 Å². The van der Waals surface area contributed by atoms with Gasteiger partial charge in [0, 0.05) is 19.1 Å². The van der Waals surface area contributed by atoms with E-state index >= 15 is 0 Å². The lowest BCUT2D eigenvalue weighted by atomic mass is 9.84. The maximum atomic E-state index is 10.4. The first-order chi connectivity index (χ1) is 5.85. The lowest BCUT2D eigenvalue weighted by Crippen LogP contribution is -2.18. The van der Waals surface area contributed by atoms with Gasteiger partial charge in [-0.2, -0.15) is 0 Å². The number of benzene rings is 1. The van der Waals surface area contributed by atoms with E-state index in [0.717, 1.165) is 18.3 Å². The minimum Gasteiger partial charge on any atom is -0.376 e. The summed E-state index contributed by atoms with van der Waals surface area (Å²) in [4.78, 5) is 10.4. The molecule has 0 spiro atoms. The molecular weight excluding hydrogens is 152 g/mol. The van der Waals surface area contributed by atoms with Gasteiger partial charge in [-0.15, -0.1) is 0 Å². The molecule has 0 saturated carbocycles. The molecular formula is C10H10O2. The monoisotopic (exact) mass is 162 g/mol. The Morgan fingerprint density at radius 3 is 3.00 bits per heavy atom. The van der Waals surface area contributed by atoms with E-state index in [4.69, 9.17) is 4.74 Å². The van der Waals surface area contributed by atoms with Gasteiger partial charge in [-0.05, 0) is 17.2 Å². The zero-order valence-electron chi connectivity index (χ0n) is 6.91. The van der Waals surface area contributed by atoms with Crippen molar-refractivity contribution in [2.45, 2.75) is 12.5 Å². The van der Waals surface area contributed by atoms with Crippen LogP contribution in [0.4, 0.5) is 0 Å². The van der Waals surface area contributed by atoms with Crippen LogP contribution in [-0.4, -0.2) is 13.4 Å². The van der Waals surface area contributed by atoms with Gasteiger partial charge in [0.25, 0.3) is 0 Å². The molecule has 0 aromatic heterocycles. The van der Waals surface area contributed by atoms with Crippen molar-refractivity contribution in [2.75, 3.05) is 7.11 Å². The highest BCUT2D eigenvalue weighted by atomic mass is 16.5. The number of hydrogen-bond acceptors (Lipinski definition) is 2. The van der Waals surface area contributed by atoms with Crippen molar-refractivity contribution >= 4 is 6.29 Å². The molecule has 12 heavy (non-hydrogen) atoms. The molecule has 0 amide bonds. The highest BCUT2D eigenvalue weighted by molar-refractivity contribution is 5.75. The summed E-state index contributed by atoms with van der Waals surface area (Å²) < 4.78 is 5.20. The van der Waals surface area contributed by atoms with Gasteiger partial charge >= 0.3 is 0 Å². The molecule has 0 bridgehead atoms. The van der Waals surface area contributed by atoms with Crippen LogP contribution in [0, 0.1) is 0 Å². The number of hydrogen-bond donors (Lipinski definition) is 0. The smallest absolute Gasteiger partial charge is 0.150 e.